The average molecular weight is 400 g/mol. The highest BCUT2D eigenvalue weighted by Crippen LogP contribution is 2.26. The maximum absolute atomic E-state index is 12.5. The second-order valence-corrected chi connectivity index (χ2v) is 8.27. The molecule has 2 aromatic heterocycles. The lowest BCUT2D eigenvalue weighted by Gasteiger charge is -2.13. The summed E-state index contributed by atoms with van der Waals surface area (Å²) in [5.74, 6) is 1.39. The van der Waals surface area contributed by atoms with E-state index in [2.05, 4.69) is 39.7 Å². The van der Waals surface area contributed by atoms with Crippen molar-refractivity contribution in [2.45, 2.75) is 56.5 Å². The lowest BCUT2D eigenvalue weighted by molar-refractivity contribution is -0.115. The van der Waals surface area contributed by atoms with Gasteiger partial charge in [0.15, 0.2) is 0 Å². The zero-order chi connectivity index (χ0) is 20.1. The second-order valence-electron chi connectivity index (χ2n) is 6.98. The summed E-state index contributed by atoms with van der Waals surface area (Å²) in [6.07, 6.45) is 2.33. The Bertz CT molecular complexity index is 906. The molecule has 0 saturated heterocycles. The van der Waals surface area contributed by atoms with Crippen LogP contribution in [-0.4, -0.2) is 31.1 Å². The highest BCUT2D eigenvalue weighted by Gasteiger charge is 2.20. The van der Waals surface area contributed by atoms with Crippen molar-refractivity contribution in [1.82, 2.24) is 20.0 Å². The second kappa shape index (κ2) is 9.05. The number of carbonyl (C=O) groups is 1. The van der Waals surface area contributed by atoms with Crippen molar-refractivity contribution < 1.29 is 9.21 Å². The molecular weight excluding hydrogens is 374 g/mol. The molecule has 3 rings (SSSR count). The minimum atomic E-state index is -0.379. The number of nitrogens with zero attached hydrogens (tertiary/aromatic N) is 4. The number of amides is 1. The van der Waals surface area contributed by atoms with Crippen molar-refractivity contribution in [2.24, 2.45) is 0 Å². The number of rotatable bonds is 8. The molecule has 2 atom stereocenters. The predicted molar refractivity (Wildman–Crippen MR) is 109 cm³/mol. The first kappa shape index (κ1) is 20.1. The van der Waals surface area contributed by atoms with E-state index >= 15 is 0 Å². The van der Waals surface area contributed by atoms with Gasteiger partial charge >= 0.3 is 0 Å². The fraction of sp³-hybridized carbons (Fsp3) is 0.400. The van der Waals surface area contributed by atoms with Gasteiger partial charge in [-0.15, -0.1) is 10.2 Å². The minimum Gasteiger partial charge on any atom is -0.416 e. The molecule has 0 fully saturated rings. The maximum Gasteiger partial charge on any atom is 0.277 e. The van der Waals surface area contributed by atoms with E-state index in [4.69, 9.17) is 4.42 Å². The van der Waals surface area contributed by atoms with Crippen LogP contribution < -0.4 is 5.32 Å². The van der Waals surface area contributed by atoms with E-state index in [0.717, 1.165) is 0 Å². The van der Waals surface area contributed by atoms with Crippen molar-refractivity contribution in [1.29, 1.82) is 0 Å². The predicted octanol–water partition coefficient (Wildman–Crippen LogP) is 4.31. The minimum absolute atomic E-state index is 0.134. The van der Waals surface area contributed by atoms with Crippen molar-refractivity contribution in [3.8, 4) is 0 Å². The molecule has 28 heavy (non-hydrogen) atoms. The Morgan fingerprint density at radius 2 is 1.89 bits per heavy atom. The molecule has 2 heterocycles. The van der Waals surface area contributed by atoms with Gasteiger partial charge in [-0.2, -0.15) is 5.10 Å². The SMILES string of the molecule is CC(Sc1nnc(CC(C)c2ccccc2)o1)C(=O)Nc1ccnn1C(C)C. The average Bonchev–Trinajstić information content (AvgIpc) is 3.31. The van der Waals surface area contributed by atoms with E-state index in [1.54, 1.807) is 16.9 Å². The largest absolute Gasteiger partial charge is 0.416 e. The molecule has 0 aliphatic carbocycles. The fourth-order valence-corrected chi connectivity index (χ4v) is 3.49. The van der Waals surface area contributed by atoms with Gasteiger partial charge in [0.05, 0.1) is 11.4 Å². The first-order valence-electron chi connectivity index (χ1n) is 9.32. The van der Waals surface area contributed by atoms with Crippen molar-refractivity contribution >= 4 is 23.5 Å². The zero-order valence-electron chi connectivity index (χ0n) is 16.5. The van der Waals surface area contributed by atoms with Gasteiger partial charge in [-0.1, -0.05) is 49.0 Å². The topological polar surface area (TPSA) is 85.8 Å². The lowest BCUT2D eigenvalue weighted by atomic mass is 9.98. The Morgan fingerprint density at radius 1 is 1.14 bits per heavy atom. The number of thioether (sulfide) groups is 1. The molecule has 8 heteroatoms. The Balaban J connectivity index is 1.56. The molecule has 1 amide bonds. The Labute approximate surface area is 168 Å². The summed E-state index contributed by atoms with van der Waals surface area (Å²) in [4.78, 5) is 12.5. The third-order valence-electron chi connectivity index (χ3n) is 4.36. The van der Waals surface area contributed by atoms with Crippen LogP contribution in [0.5, 0.6) is 0 Å². The quantitative estimate of drug-likeness (QED) is 0.568. The van der Waals surface area contributed by atoms with E-state index < -0.39 is 0 Å². The number of hydrogen-bond acceptors (Lipinski definition) is 6. The monoisotopic (exact) mass is 399 g/mol. The highest BCUT2D eigenvalue weighted by atomic mass is 32.2. The van der Waals surface area contributed by atoms with E-state index in [9.17, 15) is 4.79 Å². The van der Waals surface area contributed by atoms with Crippen molar-refractivity contribution in [3.63, 3.8) is 0 Å². The molecule has 0 bridgehead atoms. The number of hydrogen-bond donors (Lipinski definition) is 1. The Kier molecular flexibility index (Phi) is 6.51. The number of carbonyl (C=O) groups excluding carboxylic acids is 1. The van der Waals surface area contributed by atoms with E-state index in [0.29, 0.717) is 23.4 Å². The summed E-state index contributed by atoms with van der Waals surface area (Å²) in [5.41, 5.74) is 1.23. The third-order valence-corrected chi connectivity index (χ3v) is 5.29. The van der Waals surface area contributed by atoms with Crippen LogP contribution >= 0.6 is 11.8 Å². The van der Waals surface area contributed by atoms with Crippen LogP contribution in [0.1, 0.15) is 51.1 Å². The van der Waals surface area contributed by atoms with Crippen LogP contribution in [0.3, 0.4) is 0 Å². The van der Waals surface area contributed by atoms with Gasteiger partial charge in [0.25, 0.3) is 5.22 Å². The normalized spacial score (nSPS) is 13.5. The number of nitrogens with one attached hydrogen (secondary N) is 1. The highest BCUT2D eigenvalue weighted by molar-refractivity contribution is 8.00. The van der Waals surface area contributed by atoms with Gasteiger partial charge in [0.2, 0.25) is 11.8 Å². The van der Waals surface area contributed by atoms with E-state index in [-0.39, 0.29) is 23.1 Å². The van der Waals surface area contributed by atoms with Crippen LogP contribution in [0.15, 0.2) is 52.2 Å². The number of aromatic nitrogens is 4. The molecule has 7 nitrogen and oxygen atoms in total. The van der Waals surface area contributed by atoms with Crippen molar-refractivity contribution in [2.75, 3.05) is 5.32 Å². The molecule has 2 unspecified atom stereocenters. The molecular formula is C20H25N5O2S. The van der Waals surface area contributed by atoms with E-state index in [1.165, 1.54) is 17.3 Å². The van der Waals surface area contributed by atoms with Crippen molar-refractivity contribution in [3.05, 3.63) is 54.0 Å². The smallest absolute Gasteiger partial charge is 0.277 e. The first-order chi connectivity index (χ1) is 13.4. The van der Waals surface area contributed by atoms with Crippen LogP contribution in [0, 0.1) is 0 Å². The van der Waals surface area contributed by atoms with E-state index in [1.807, 2.05) is 39.0 Å². The third kappa shape index (κ3) is 5.01. The zero-order valence-corrected chi connectivity index (χ0v) is 17.3. The fourth-order valence-electron chi connectivity index (χ4n) is 2.79. The van der Waals surface area contributed by atoms with Crippen LogP contribution in [0.2, 0.25) is 0 Å². The van der Waals surface area contributed by atoms with Crippen LogP contribution in [0.25, 0.3) is 0 Å². The summed E-state index contributed by atoms with van der Waals surface area (Å²) in [6.45, 7) is 7.96. The van der Waals surface area contributed by atoms with Gasteiger partial charge < -0.3 is 9.73 Å². The van der Waals surface area contributed by atoms with Gasteiger partial charge in [0.1, 0.15) is 5.82 Å². The molecule has 0 radical (unpaired) electrons. The summed E-state index contributed by atoms with van der Waals surface area (Å²) in [5, 5.41) is 15.3. The molecule has 3 aromatic rings. The molecule has 148 valence electrons. The van der Waals surface area contributed by atoms with Crippen LogP contribution in [-0.2, 0) is 11.2 Å². The Hall–Kier alpha value is -2.61. The van der Waals surface area contributed by atoms with Crippen LogP contribution in [0.4, 0.5) is 5.82 Å². The summed E-state index contributed by atoms with van der Waals surface area (Å²) in [6, 6.07) is 12.2. The summed E-state index contributed by atoms with van der Waals surface area (Å²) < 4.78 is 7.51. The standard InChI is InChI=1S/C20H25N5O2S/c1-13(2)25-17(10-11-21-25)22-19(26)15(4)28-20-24-23-18(27-20)12-14(3)16-8-6-5-7-9-16/h5-11,13-15H,12H2,1-4H3,(H,22,26). The number of anilines is 1. The maximum atomic E-state index is 12.5. The number of benzene rings is 1. The lowest BCUT2D eigenvalue weighted by Crippen LogP contribution is -2.24. The summed E-state index contributed by atoms with van der Waals surface area (Å²) in [7, 11) is 0. The first-order valence-corrected chi connectivity index (χ1v) is 10.2. The molecule has 1 aromatic carbocycles. The Morgan fingerprint density at radius 3 is 2.61 bits per heavy atom. The molecule has 0 aliphatic heterocycles. The summed E-state index contributed by atoms with van der Waals surface area (Å²) >= 11 is 1.25. The van der Waals surface area contributed by atoms with Gasteiger partial charge in [0, 0.05) is 18.5 Å². The molecule has 0 saturated carbocycles. The van der Waals surface area contributed by atoms with Gasteiger partial charge in [-0.3, -0.25) is 4.79 Å². The molecule has 1 N–H and O–H groups in total. The van der Waals surface area contributed by atoms with Gasteiger partial charge in [-0.05, 0) is 32.3 Å². The molecule has 0 spiro atoms. The molecule has 0 aliphatic rings. The van der Waals surface area contributed by atoms with Gasteiger partial charge in [-0.25, -0.2) is 4.68 Å².